The van der Waals surface area contributed by atoms with Crippen LogP contribution in [0.15, 0.2) is 65.5 Å². The number of nitrogens with one attached hydrogen (secondary N) is 2. The van der Waals surface area contributed by atoms with E-state index in [-0.39, 0.29) is 11.5 Å². The molecule has 2 N–H and O–H groups in total. The fourth-order valence-corrected chi connectivity index (χ4v) is 2.95. The molecule has 0 bridgehead atoms. The van der Waals surface area contributed by atoms with Crippen LogP contribution in [-0.4, -0.2) is 35.9 Å². The lowest BCUT2D eigenvalue weighted by Gasteiger charge is -2.16. The summed E-state index contributed by atoms with van der Waals surface area (Å²) in [5.74, 6) is -0.251. The highest BCUT2D eigenvalue weighted by Crippen LogP contribution is 2.09. The number of aromatic nitrogens is 1. The van der Waals surface area contributed by atoms with Crippen LogP contribution in [-0.2, 0) is 6.54 Å². The lowest BCUT2D eigenvalue weighted by atomic mass is 10.1. The number of fused-ring (bicyclic) bond motifs is 1. The minimum atomic E-state index is -0.251. The fourth-order valence-electron chi connectivity index (χ4n) is 2.95. The predicted molar refractivity (Wildman–Crippen MR) is 104 cm³/mol. The molecule has 0 aliphatic rings. The Morgan fingerprint density at radius 3 is 2.62 bits per heavy atom. The summed E-state index contributed by atoms with van der Waals surface area (Å²) in [7, 11) is 2.07. The first-order chi connectivity index (χ1) is 12.6. The van der Waals surface area contributed by atoms with E-state index in [4.69, 9.17) is 0 Å². The SMILES string of the molecule is CN(CCCNC(=O)c1cc2ccccc2c(=O)[nH]1)Cc1ccccc1. The second-order valence-corrected chi connectivity index (χ2v) is 6.43. The van der Waals surface area contributed by atoms with E-state index in [0.29, 0.717) is 17.6 Å². The minimum absolute atomic E-state index is 0.240. The van der Waals surface area contributed by atoms with Gasteiger partial charge in [-0.3, -0.25) is 9.59 Å². The number of rotatable bonds is 7. The largest absolute Gasteiger partial charge is 0.351 e. The second-order valence-electron chi connectivity index (χ2n) is 6.43. The number of nitrogens with zero attached hydrogens (tertiary/aromatic N) is 1. The molecule has 3 aromatic rings. The van der Waals surface area contributed by atoms with Crippen LogP contribution < -0.4 is 10.9 Å². The summed E-state index contributed by atoms with van der Waals surface area (Å²) >= 11 is 0. The molecular weight excluding hydrogens is 326 g/mol. The van der Waals surface area contributed by atoms with Gasteiger partial charge in [0.25, 0.3) is 11.5 Å². The van der Waals surface area contributed by atoms with Crippen molar-refractivity contribution in [3.63, 3.8) is 0 Å². The summed E-state index contributed by atoms with van der Waals surface area (Å²) in [5, 5.41) is 4.23. The number of H-pyrrole nitrogens is 1. The molecule has 0 spiro atoms. The van der Waals surface area contributed by atoms with Crippen molar-refractivity contribution in [2.24, 2.45) is 0 Å². The highest BCUT2D eigenvalue weighted by atomic mass is 16.2. The molecule has 26 heavy (non-hydrogen) atoms. The van der Waals surface area contributed by atoms with Gasteiger partial charge in [0.1, 0.15) is 5.69 Å². The van der Waals surface area contributed by atoms with Crippen LogP contribution in [0, 0.1) is 0 Å². The average molecular weight is 349 g/mol. The quantitative estimate of drug-likeness (QED) is 0.645. The van der Waals surface area contributed by atoms with Crippen LogP contribution in [0.2, 0.25) is 0 Å². The van der Waals surface area contributed by atoms with Crippen molar-refractivity contribution in [3.05, 3.63) is 82.3 Å². The van der Waals surface area contributed by atoms with E-state index in [2.05, 4.69) is 34.4 Å². The van der Waals surface area contributed by atoms with E-state index in [1.165, 1.54) is 5.56 Å². The van der Waals surface area contributed by atoms with E-state index in [1.54, 1.807) is 12.1 Å². The minimum Gasteiger partial charge on any atom is -0.351 e. The molecule has 0 fully saturated rings. The van der Waals surface area contributed by atoms with E-state index < -0.39 is 0 Å². The number of aromatic amines is 1. The molecule has 2 aromatic carbocycles. The Kier molecular flexibility index (Phi) is 5.81. The summed E-state index contributed by atoms with van der Waals surface area (Å²) in [5.41, 5.74) is 1.33. The lowest BCUT2D eigenvalue weighted by Crippen LogP contribution is -2.29. The predicted octanol–water partition coefficient (Wildman–Crippen LogP) is 2.78. The summed E-state index contributed by atoms with van der Waals surface area (Å²) in [6.07, 6.45) is 0.840. The molecule has 0 aliphatic heterocycles. The Morgan fingerprint density at radius 1 is 1.08 bits per heavy atom. The van der Waals surface area contributed by atoms with Crippen LogP contribution in [0.3, 0.4) is 0 Å². The van der Waals surface area contributed by atoms with E-state index >= 15 is 0 Å². The zero-order valence-electron chi connectivity index (χ0n) is 14.9. The first-order valence-corrected chi connectivity index (χ1v) is 8.76. The molecule has 0 unspecified atom stereocenters. The number of hydrogen-bond donors (Lipinski definition) is 2. The summed E-state index contributed by atoms with van der Waals surface area (Å²) < 4.78 is 0. The summed E-state index contributed by atoms with van der Waals surface area (Å²) in [4.78, 5) is 29.2. The zero-order valence-corrected chi connectivity index (χ0v) is 14.9. The van der Waals surface area contributed by atoms with Gasteiger partial charge < -0.3 is 15.2 Å². The number of carbonyl (C=O) groups excluding carboxylic acids is 1. The van der Waals surface area contributed by atoms with Crippen molar-refractivity contribution < 1.29 is 4.79 Å². The van der Waals surface area contributed by atoms with Gasteiger partial charge in [-0.15, -0.1) is 0 Å². The Bertz CT molecular complexity index is 935. The van der Waals surface area contributed by atoms with Crippen molar-refractivity contribution in [1.29, 1.82) is 0 Å². The lowest BCUT2D eigenvalue weighted by molar-refractivity contribution is 0.0947. The van der Waals surface area contributed by atoms with Crippen LogP contribution in [0.4, 0.5) is 0 Å². The average Bonchev–Trinajstić information content (AvgIpc) is 2.66. The third kappa shape index (κ3) is 4.58. The fraction of sp³-hybridized carbons (Fsp3) is 0.238. The zero-order chi connectivity index (χ0) is 18.4. The van der Waals surface area contributed by atoms with Gasteiger partial charge in [0.15, 0.2) is 0 Å². The maximum Gasteiger partial charge on any atom is 0.267 e. The molecule has 5 nitrogen and oxygen atoms in total. The summed E-state index contributed by atoms with van der Waals surface area (Å²) in [6.45, 7) is 2.32. The number of benzene rings is 2. The summed E-state index contributed by atoms with van der Waals surface area (Å²) in [6, 6.07) is 19.3. The van der Waals surface area contributed by atoms with E-state index in [0.717, 1.165) is 24.9 Å². The number of carbonyl (C=O) groups is 1. The molecule has 0 saturated heterocycles. The Morgan fingerprint density at radius 2 is 1.81 bits per heavy atom. The van der Waals surface area contributed by atoms with Gasteiger partial charge in [-0.1, -0.05) is 48.5 Å². The first kappa shape index (κ1) is 17.9. The molecule has 1 amide bonds. The molecule has 0 atom stereocenters. The van der Waals surface area contributed by atoms with Gasteiger partial charge >= 0.3 is 0 Å². The van der Waals surface area contributed by atoms with Gasteiger partial charge in [0.05, 0.1) is 0 Å². The number of pyridine rings is 1. The van der Waals surface area contributed by atoms with Gasteiger partial charge in [0, 0.05) is 18.5 Å². The van der Waals surface area contributed by atoms with E-state index in [1.807, 2.05) is 36.4 Å². The maximum absolute atomic E-state index is 12.3. The number of hydrogen-bond acceptors (Lipinski definition) is 3. The Labute approximate surface area is 152 Å². The van der Waals surface area contributed by atoms with Gasteiger partial charge in [-0.25, -0.2) is 0 Å². The van der Waals surface area contributed by atoms with Crippen molar-refractivity contribution in [2.75, 3.05) is 20.1 Å². The molecule has 0 aliphatic carbocycles. The van der Waals surface area contributed by atoms with Gasteiger partial charge in [0.2, 0.25) is 0 Å². The smallest absolute Gasteiger partial charge is 0.267 e. The van der Waals surface area contributed by atoms with Crippen molar-refractivity contribution >= 4 is 16.7 Å². The molecule has 3 rings (SSSR count). The highest BCUT2D eigenvalue weighted by Gasteiger charge is 2.09. The molecule has 0 saturated carbocycles. The molecular formula is C21H23N3O2. The molecule has 0 radical (unpaired) electrons. The third-order valence-electron chi connectivity index (χ3n) is 4.30. The maximum atomic E-state index is 12.3. The van der Waals surface area contributed by atoms with Crippen molar-refractivity contribution in [3.8, 4) is 0 Å². The highest BCUT2D eigenvalue weighted by molar-refractivity contribution is 5.96. The van der Waals surface area contributed by atoms with Crippen LogP contribution in [0.25, 0.3) is 10.8 Å². The Hall–Kier alpha value is -2.92. The first-order valence-electron chi connectivity index (χ1n) is 8.76. The Balaban J connectivity index is 1.49. The molecule has 1 aromatic heterocycles. The second kappa shape index (κ2) is 8.45. The van der Waals surface area contributed by atoms with Crippen molar-refractivity contribution in [1.82, 2.24) is 15.2 Å². The van der Waals surface area contributed by atoms with Crippen molar-refractivity contribution in [2.45, 2.75) is 13.0 Å². The molecule has 5 heteroatoms. The van der Waals surface area contributed by atoms with Crippen LogP contribution in [0.5, 0.6) is 0 Å². The number of amides is 1. The van der Waals surface area contributed by atoms with Crippen LogP contribution >= 0.6 is 0 Å². The standard InChI is InChI=1S/C21H23N3O2/c1-24(15-16-8-3-2-4-9-16)13-7-12-22-21(26)19-14-17-10-5-6-11-18(17)20(25)23-19/h2-6,8-11,14H,7,12-13,15H2,1H3,(H,22,26)(H,23,25). The van der Waals surface area contributed by atoms with Gasteiger partial charge in [-0.2, -0.15) is 0 Å². The van der Waals surface area contributed by atoms with Gasteiger partial charge in [-0.05, 0) is 43.1 Å². The monoisotopic (exact) mass is 349 g/mol. The topological polar surface area (TPSA) is 65.2 Å². The normalized spacial score (nSPS) is 11.0. The molecule has 134 valence electrons. The van der Waals surface area contributed by atoms with E-state index in [9.17, 15) is 9.59 Å². The third-order valence-corrected chi connectivity index (χ3v) is 4.30. The molecule has 1 heterocycles. The van der Waals surface area contributed by atoms with Crippen LogP contribution in [0.1, 0.15) is 22.5 Å².